The number of nitrogens with one attached hydrogen (secondary N) is 3. The minimum atomic E-state index is -3.74. The number of allylic oxidation sites excluding steroid dienone is 1. The average Bonchev–Trinajstić information content (AvgIpc) is 3.84. The summed E-state index contributed by atoms with van der Waals surface area (Å²) in [6, 6.07) is 10.3. The molecule has 2 aliphatic carbocycles. The first kappa shape index (κ1) is 34.7. The molecule has 0 bridgehead atoms. The zero-order valence-corrected chi connectivity index (χ0v) is 28.2. The molecule has 4 N–H and O–H groups in total. The summed E-state index contributed by atoms with van der Waals surface area (Å²) in [5.41, 5.74) is 1.87. The number of halogens is 1. The Balaban J connectivity index is 1.12. The SMILES string of the molecule is C[C@H](NC(=O)[C@@H]1C[C@@H](O)CN1C(=O)CNC(=O)c1ccc2cc(F)ccc2n1)c1ccc(S(=O)(=O)NC2CCCCC2)cc1/C=C/C1CC1. The van der Waals surface area contributed by atoms with Gasteiger partial charge in [0.15, 0.2) is 0 Å². The van der Waals surface area contributed by atoms with Gasteiger partial charge >= 0.3 is 0 Å². The number of amides is 3. The number of rotatable bonds is 11. The summed E-state index contributed by atoms with van der Waals surface area (Å²) in [5, 5.41) is 16.4. The van der Waals surface area contributed by atoms with Crippen molar-refractivity contribution in [3.63, 3.8) is 0 Å². The van der Waals surface area contributed by atoms with Gasteiger partial charge in [-0.2, -0.15) is 0 Å². The molecule has 1 saturated heterocycles. The molecule has 0 unspecified atom stereocenters. The second kappa shape index (κ2) is 14.7. The lowest BCUT2D eigenvalue weighted by Gasteiger charge is -2.26. The standard InChI is InChI=1S/C36H42FN5O6S/c1-22(30-14-13-29(18-24(30)10-9-23-7-8-23)49(47,48)41-27-5-3-2-4-6-27)39-36(46)33-19-28(43)21-42(33)34(44)20-38-35(45)32-15-11-25-17-26(37)12-16-31(25)40-32/h9-18,22-23,27-28,33,41,43H,2-8,19-21H2,1H3,(H,38,45)(H,39,46)/b10-9+/t22-,28+,33-/m0/s1. The van der Waals surface area contributed by atoms with Crippen LogP contribution in [0.25, 0.3) is 17.0 Å². The first-order valence-corrected chi connectivity index (χ1v) is 18.4. The maximum Gasteiger partial charge on any atom is 0.270 e. The lowest BCUT2D eigenvalue weighted by atomic mass is 9.96. The molecule has 3 aromatic rings. The molecule has 3 aliphatic rings. The molecule has 13 heteroatoms. The lowest BCUT2D eigenvalue weighted by Crippen LogP contribution is -2.49. The van der Waals surface area contributed by atoms with E-state index in [0.717, 1.165) is 50.5 Å². The molecular formula is C36H42FN5O6S. The molecule has 6 rings (SSSR count). The van der Waals surface area contributed by atoms with Crippen molar-refractivity contribution in [2.24, 2.45) is 5.92 Å². The summed E-state index contributed by atoms with van der Waals surface area (Å²) in [6.07, 6.45) is 9.99. The van der Waals surface area contributed by atoms with Crippen LogP contribution < -0.4 is 15.4 Å². The molecule has 49 heavy (non-hydrogen) atoms. The molecule has 260 valence electrons. The summed E-state index contributed by atoms with van der Waals surface area (Å²) in [4.78, 5) is 45.2. The van der Waals surface area contributed by atoms with Crippen molar-refractivity contribution >= 4 is 44.7 Å². The van der Waals surface area contributed by atoms with E-state index in [0.29, 0.717) is 22.4 Å². The Morgan fingerprint density at radius 1 is 1.04 bits per heavy atom. The topological polar surface area (TPSA) is 158 Å². The molecule has 2 aromatic carbocycles. The first-order chi connectivity index (χ1) is 23.5. The fourth-order valence-electron chi connectivity index (χ4n) is 6.59. The molecule has 3 amide bonds. The van der Waals surface area contributed by atoms with Crippen LogP contribution in [0.2, 0.25) is 0 Å². The molecule has 0 radical (unpaired) electrons. The second-order valence-electron chi connectivity index (χ2n) is 13.3. The Morgan fingerprint density at radius 2 is 1.82 bits per heavy atom. The summed E-state index contributed by atoms with van der Waals surface area (Å²) in [6.45, 7) is 1.30. The van der Waals surface area contributed by atoms with Crippen molar-refractivity contribution in [1.82, 2.24) is 25.2 Å². The summed E-state index contributed by atoms with van der Waals surface area (Å²) >= 11 is 0. The second-order valence-corrected chi connectivity index (χ2v) is 15.1. The maximum atomic E-state index is 13.6. The fraction of sp³-hybridized carbons (Fsp3) is 0.444. The van der Waals surface area contributed by atoms with Crippen molar-refractivity contribution < 1.29 is 32.3 Å². The van der Waals surface area contributed by atoms with E-state index in [9.17, 15) is 32.3 Å². The summed E-state index contributed by atoms with van der Waals surface area (Å²) in [5.74, 6) is -1.61. The van der Waals surface area contributed by atoms with Crippen molar-refractivity contribution in [2.75, 3.05) is 13.1 Å². The highest BCUT2D eigenvalue weighted by atomic mass is 32.2. The highest BCUT2D eigenvalue weighted by Gasteiger charge is 2.39. The maximum absolute atomic E-state index is 13.6. The van der Waals surface area contributed by atoms with Crippen LogP contribution in [0, 0.1) is 11.7 Å². The number of β-amino-alcohol motifs (C(OH)–C–C–N with tert-alkyl or cyclic N) is 1. The van der Waals surface area contributed by atoms with Crippen molar-refractivity contribution in [3.05, 3.63) is 77.2 Å². The van der Waals surface area contributed by atoms with Crippen LogP contribution in [0.3, 0.4) is 0 Å². The number of carbonyl (C=O) groups excluding carboxylic acids is 3. The van der Waals surface area contributed by atoms with Gasteiger partial charge in [0, 0.05) is 24.4 Å². The molecular weight excluding hydrogens is 649 g/mol. The zero-order valence-electron chi connectivity index (χ0n) is 27.4. The van der Waals surface area contributed by atoms with Gasteiger partial charge < -0.3 is 20.6 Å². The smallest absolute Gasteiger partial charge is 0.270 e. The molecule has 0 spiro atoms. The molecule has 3 fully saturated rings. The van der Waals surface area contributed by atoms with E-state index >= 15 is 0 Å². The van der Waals surface area contributed by atoms with E-state index in [1.165, 1.54) is 29.2 Å². The van der Waals surface area contributed by atoms with Gasteiger partial charge in [-0.25, -0.2) is 22.5 Å². The third-order valence-corrected chi connectivity index (χ3v) is 11.0. The highest BCUT2D eigenvalue weighted by Crippen LogP contribution is 2.32. The van der Waals surface area contributed by atoms with E-state index < -0.39 is 58.3 Å². The van der Waals surface area contributed by atoms with Gasteiger partial charge in [-0.3, -0.25) is 14.4 Å². The van der Waals surface area contributed by atoms with E-state index in [4.69, 9.17) is 0 Å². The van der Waals surface area contributed by atoms with Crippen LogP contribution in [0.4, 0.5) is 4.39 Å². The van der Waals surface area contributed by atoms with E-state index in [1.54, 1.807) is 31.2 Å². The van der Waals surface area contributed by atoms with Crippen LogP contribution in [0.1, 0.15) is 85.9 Å². The Kier molecular flexibility index (Phi) is 10.4. The van der Waals surface area contributed by atoms with Gasteiger partial charge in [0.05, 0.1) is 29.1 Å². The molecule has 1 aliphatic heterocycles. The van der Waals surface area contributed by atoms with E-state index in [2.05, 4.69) is 26.4 Å². The number of carbonyl (C=O) groups is 3. The predicted octanol–water partition coefficient (Wildman–Crippen LogP) is 3.98. The Bertz CT molecular complexity index is 1870. The number of likely N-dealkylation sites (tertiary alicyclic amines) is 1. The minimum absolute atomic E-state index is 0.0273. The Labute approximate surface area is 285 Å². The summed E-state index contributed by atoms with van der Waals surface area (Å²) in [7, 11) is -3.74. The molecule has 2 saturated carbocycles. The van der Waals surface area contributed by atoms with Gasteiger partial charge in [0.1, 0.15) is 17.6 Å². The van der Waals surface area contributed by atoms with E-state index in [1.807, 2.05) is 6.08 Å². The quantitative estimate of drug-likeness (QED) is 0.237. The monoisotopic (exact) mass is 691 g/mol. The van der Waals surface area contributed by atoms with Crippen LogP contribution in [-0.4, -0.2) is 72.4 Å². The molecule has 2 heterocycles. The number of aromatic nitrogens is 1. The lowest BCUT2D eigenvalue weighted by molar-refractivity contribution is -0.138. The largest absolute Gasteiger partial charge is 0.391 e. The number of aliphatic hydroxyl groups is 1. The van der Waals surface area contributed by atoms with Crippen molar-refractivity contribution in [1.29, 1.82) is 0 Å². The highest BCUT2D eigenvalue weighted by molar-refractivity contribution is 7.89. The van der Waals surface area contributed by atoms with Crippen LogP contribution >= 0.6 is 0 Å². The van der Waals surface area contributed by atoms with Gasteiger partial charge in [0.25, 0.3) is 5.91 Å². The van der Waals surface area contributed by atoms with Gasteiger partial charge in [0.2, 0.25) is 21.8 Å². The van der Waals surface area contributed by atoms with Gasteiger partial charge in [-0.15, -0.1) is 0 Å². The minimum Gasteiger partial charge on any atom is -0.391 e. The number of aliphatic hydroxyl groups excluding tert-OH is 1. The van der Waals surface area contributed by atoms with Gasteiger partial charge in [-0.1, -0.05) is 43.5 Å². The first-order valence-electron chi connectivity index (χ1n) is 16.9. The Morgan fingerprint density at radius 3 is 2.57 bits per heavy atom. The third-order valence-electron chi connectivity index (χ3n) is 9.48. The Hall–Kier alpha value is -4.20. The average molecular weight is 692 g/mol. The fourth-order valence-corrected chi connectivity index (χ4v) is 7.93. The molecule has 3 atom stereocenters. The van der Waals surface area contributed by atoms with Crippen molar-refractivity contribution in [3.8, 4) is 0 Å². The van der Waals surface area contributed by atoms with Crippen molar-refractivity contribution in [2.45, 2.75) is 87.4 Å². The number of sulfonamides is 1. The number of hydrogen-bond donors (Lipinski definition) is 4. The van der Waals surface area contributed by atoms with E-state index in [-0.39, 0.29) is 29.6 Å². The number of pyridine rings is 1. The van der Waals surface area contributed by atoms with Gasteiger partial charge in [-0.05, 0) is 86.1 Å². The van der Waals surface area contributed by atoms with Crippen LogP contribution in [0.5, 0.6) is 0 Å². The van der Waals surface area contributed by atoms with Crippen LogP contribution in [-0.2, 0) is 19.6 Å². The normalized spacial score (nSPS) is 20.8. The third kappa shape index (κ3) is 8.52. The zero-order chi connectivity index (χ0) is 34.7. The molecule has 1 aromatic heterocycles. The number of benzene rings is 2. The number of hydrogen-bond acceptors (Lipinski definition) is 7. The summed E-state index contributed by atoms with van der Waals surface area (Å²) < 4.78 is 43.0. The predicted molar refractivity (Wildman–Crippen MR) is 182 cm³/mol. The number of fused-ring (bicyclic) bond motifs is 1. The van der Waals surface area contributed by atoms with Crippen LogP contribution in [0.15, 0.2) is 59.5 Å². The number of nitrogens with zero attached hydrogens (tertiary/aromatic N) is 2. The molecule has 11 nitrogen and oxygen atoms in total.